The topological polar surface area (TPSA) is 31.4 Å². The van der Waals surface area contributed by atoms with Crippen molar-refractivity contribution in [2.75, 3.05) is 13.7 Å². The van der Waals surface area contributed by atoms with Crippen molar-refractivity contribution in [3.63, 3.8) is 0 Å². The largest absolute Gasteiger partial charge is 0.481 e. The third-order valence-electron chi connectivity index (χ3n) is 1.66. The molecule has 0 radical (unpaired) electrons. The normalized spacial score (nSPS) is 9.93. The lowest BCUT2D eigenvalue weighted by atomic mass is 10.3. The molecule has 1 aromatic heterocycles. The molecule has 3 nitrogen and oxygen atoms in total. The van der Waals surface area contributed by atoms with E-state index in [1.807, 2.05) is 12.1 Å². The number of aromatic nitrogens is 1. The number of hydrogen-bond acceptors (Lipinski definition) is 3. The molecule has 0 N–H and O–H groups in total. The third kappa shape index (κ3) is 3.18. The summed E-state index contributed by atoms with van der Waals surface area (Å²) in [5.41, 5.74) is 1.10. The number of ether oxygens (including phenoxy) is 2. The van der Waals surface area contributed by atoms with Crippen molar-refractivity contribution in [3.05, 3.63) is 17.7 Å². The molecule has 78 valence electrons. The van der Waals surface area contributed by atoms with Gasteiger partial charge < -0.3 is 9.47 Å². The van der Waals surface area contributed by atoms with Gasteiger partial charge in [-0.15, -0.1) is 0 Å². The smallest absolute Gasteiger partial charge is 0.216 e. The predicted octanol–water partition coefficient (Wildman–Crippen LogP) is 2.77. The van der Waals surface area contributed by atoms with E-state index in [9.17, 15) is 0 Å². The van der Waals surface area contributed by atoms with Gasteiger partial charge in [0.15, 0.2) is 0 Å². The van der Waals surface area contributed by atoms with Crippen molar-refractivity contribution < 1.29 is 9.47 Å². The molecule has 4 heteroatoms. The van der Waals surface area contributed by atoms with Crippen LogP contribution < -0.4 is 9.47 Å². The Kier molecular flexibility index (Phi) is 4.73. The van der Waals surface area contributed by atoms with Gasteiger partial charge in [-0.25, -0.2) is 0 Å². The number of halogens is 1. The SMILES string of the molecule is CCCOc1cc(CBr)cc(OC)n1. The minimum absolute atomic E-state index is 0.591. The minimum Gasteiger partial charge on any atom is -0.481 e. The number of hydrogen-bond donors (Lipinski definition) is 0. The van der Waals surface area contributed by atoms with Crippen LogP contribution in [0.15, 0.2) is 12.1 Å². The van der Waals surface area contributed by atoms with Crippen LogP contribution in [0.5, 0.6) is 11.8 Å². The van der Waals surface area contributed by atoms with E-state index in [1.54, 1.807) is 7.11 Å². The van der Waals surface area contributed by atoms with Gasteiger partial charge >= 0.3 is 0 Å². The number of methoxy groups -OCH3 is 1. The van der Waals surface area contributed by atoms with Crippen LogP contribution >= 0.6 is 15.9 Å². The van der Waals surface area contributed by atoms with Crippen LogP contribution in [0.25, 0.3) is 0 Å². The van der Waals surface area contributed by atoms with Gasteiger partial charge in [0.1, 0.15) is 0 Å². The first kappa shape index (κ1) is 11.3. The van der Waals surface area contributed by atoms with Gasteiger partial charge in [0.05, 0.1) is 13.7 Å². The van der Waals surface area contributed by atoms with E-state index in [1.165, 1.54) is 0 Å². The molecule has 0 amide bonds. The fraction of sp³-hybridized carbons (Fsp3) is 0.500. The number of alkyl halides is 1. The molecule has 1 rings (SSSR count). The number of nitrogens with zero attached hydrogens (tertiary/aromatic N) is 1. The van der Waals surface area contributed by atoms with Crippen LogP contribution in [0.3, 0.4) is 0 Å². The average molecular weight is 260 g/mol. The maximum atomic E-state index is 5.43. The molecule has 0 unspecified atom stereocenters. The zero-order valence-electron chi connectivity index (χ0n) is 8.42. The van der Waals surface area contributed by atoms with Crippen LogP contribution in [-0.2, 0) is 5.33 Å². The molecule has 0 aliphatic carbocycles. The van der Waals surface area contributed by atoms with Gasteiger partial charge in [-0.05, 0) is 12.0 Å². The molecule has 14 heavy (non-hydrogen) atoms. The lowest BCUT2D eigenvalue weighted by molar-refractivity contribution is 0.297. The Morgan fingerprint density at radius 1 is 1.36 bits per heavy atom. The second-order valence-corrected chi connectivity index (χ2v) is 3.40. The van der Waals surface area contributed by atoms with E-state index in [2.05, 4.69) is 27.8 Å². The lowest BCUT2D eigenvalue weighted by Crippen LogP contribution is -1.99. The van der Waals surface area contributed by atoms with Crippen molar-refractivity contribution >= 4 is 15.9 Å². The Morgan fingerprint density at radius 2 is 2.07 bits per heavy atom. The first-order valence-corrected chi connectivity index (χ1v) is 5.66. The Bertz CT molecular complexity index is 269. The first-order valence-electron chi connectivity index (χ1n) is 4.54. The van der Waals surface area contributed by atoms with E-state index in [4.69, 9.17) is 9.47 Å². The van der Waals surface area contributed by atoms with Crippen LogP contribution in [0.1, 0.15) is 18.9 Å². The van der Waals surface area contributed by atoms with Crippen molar-refractivity contribution in [1.82, 2.24) is 4.98 Å². The molecular formula is C10H14BrNO2. The summed E-state index contributed by atoms with van der Waals surface area (Å²) in [5, 5.41) is 0.772. The van der Waals surface area contributed by atoms with E-state index in [0.717, 1.165) is 17.3 Å². The summed E-state index contributed by atoms with van der Waals surface area (Å²) in [7, 11) is 1.60. The van der Waals surface area contributed by atoms with Gasteiger partial charge in [-0.2, -0.15) is 4.98 Å². The van der Waals surface area contributed by atoms with Gasteiger partial charge in [0, 0.05) is 17.5 Å². The van der Waals surface area contributed by atoms with Crippen molar-refractivity contribution in [3.8, 4) is 11.8 Å². The summed E-state index contributed by atoms with van der Waals surface area (Å²) < 4.78 is 10.5. The monoisotopic (exact) mass is 259 g/mol. The molecule has 1 heterocycles. The average Bonchev–Trinajstić information content (AvgIpc) is 2.25. The molecule has 0 atom stereocenters. The first-order chi connectivity index (χ1) is 6.80. The molecule has 0 aliphatic heterocycles. The summed E-state index contributed by atoms with van der Waals surface area (Å²) in [6, 6.07) is 3.79. The van der Waals surface area contributed by atoms with Crippen LogP contribution in [0.4, 0.5) is 0 Å². The molecule has 0 saturated heterocycles. The minimum atomic E-state index is 0.591. The molecular weight excluding hydrogens is 246 g/mol. The Balaban J connectivity index is 2.81. The van der Waals surface area contributed by atoms with E-state index in [0.29, 0.717) is 18.4 Å². The fourth-order valence-corrected chi connectivity index (χ4v) is 1.32. The van der Waals surface area contributed by atoms with Gasteiger partial charge in [-0.3, -0.25) is 0 Å². The van der Waals surface area contributed by atoms with Crippen LogP contribution in [0, 0.1) is 0 Å². The molecule has 1 aromatic rings. The predicted molar refractivity (Wildman–Crippen MR) is 59.2 cm³/mol. The summed E-state index contributed by atoms with van der Waals surface area (Å²) >= 11 is 3.38. The van der Waals surface area contributed by atoms with Crippen molar-refractivity contribution in [2.45, 2.75) is 18.7 Å². The van der Waals surface area contributed by atoms with Gasteiger partial charge in [0.25, 0.3) is 0 Å². The molecule has 0 bridgehead atoms. The fourth-order valence-electron chi connectivity index (χ4n) is 0.994. The van der Waals surface area contributed by atoms with Gasteiger partial charge in [-0.1, -0.05) is 22.9 Å². The molecule has 0 spiro atoms. The summed E-state index contributed by atoms with van der Waals surface area (Å²) in [6.45, 7) is 2.74. The van der Waals surface area contributed by atoms with Gasteiger partial charge in [0.2, 0.25) is 11.8 Å². The van der Waals surface area contributed by atoms with E-state index >= 15 is 0 Å². The van der Waals surface area contributed by atoms with Crippen LogP contribution in [0.2, 0.25) is 0 Å². The summed E-state index contributed by atoms with van der Waals surface area (Å²) in [6.07, 6.45) is 0.975. The highest BCUT2D eigenvalue weighted by Gasteiger charge is 2.02. The third-order valence-corrected chi connectivity index (χ3v) is 2.30. The Morgan fingerprint density at radius 3 is 2.64 bits per heavy atom. The quantitative estimate of drug-likeness (QED) is 0.763. The molecule has 0 saturated carbocycles. The maximum Gasteiger partial charge on any atom is 0.216 e. The van der Waals surface area contributed by atoms with E-state index in [-0.39, 0.29) is 0 Å². The lowest BCUT2D eigenvalue weighted by Gasteiger charge is -2.07. The Hall–Kier alpha value is -0.770. The van der Waals surface area contributed by atoms with Crippen molar-refractivity contribution in [1.29, 1.82) is 0 Å². The second-order valence-electron chi connectivity index (χ2n) is 2.84. The number of pyridine rings is 1. The highest BCUT2D eigenvalue weighted by molar-refractivity contribution is 9.08. The van der Waals surface area contributed by atoms with Crippen LogP contribution in [-0.4, -0.2) is 18.7 Å². The molecule has 0 fully saturated rings. The highest BCUT2D eigenvalue weighted by Crippen LogP contribution is 2.19. The maximum absolute atomic E-state index is 5.43. The van der Waals surface area contributed by atoms with Crippen molar-refractivity contribution in [2.24, 2.45) is 0 Å². The summed E-state index contributed by atoms with van der Waals surface area (Å²) in [5.74, 6) is 1.22. The zero-order valence-corrected chi connectivity index (χ0v) is 10.0. The summed E-state index contributed by atoms with van der Waals surface area (Å²) in [4.78, 5) is 4.17. The number of rotatable bonds is 5. The van der Waals surface area contributed by atoms with E-state index < -0.39 is 0 Å². The molecule has 0 aliphatic rings. The Labute approximate surface area is 92.6 Å². The zero-order chi connectivity index (χ0) is 10.4. The highest BCUT2D eigenvalue weighted by atomic mass is 79.9. The molecule has 0 aromatic carbocycles. The second kappa shape index (κ2) is 5.86. The standard InChI is InChI=1S/C10H14BrNO2/c1-3-4-14-10-6-8(7-11)5-9(12-10)13-2/h5-6H,3-4,7H2,1-2H3.